The van der Waals surface area contributed by atoms with Gasteiger partial charge in [0.15, 0.2) is 0 Å². The van der Waals surface area contributed by atoms with Gasteiger partial charge in [-0.3, -0.25) is 0 Å². The maximum atomic E-state index is 6.80. The van der Waals surface area contributed by atoms with Gasteiger partial charge >= 0.3 is 0 Å². The van der Waals surface area contributed by atoms with Crippen LogP contribution in [0.1, 0.15) is 60.9 Å². The molecule has 5 rings (SSSR count). The minimum atomic E-state index is -0.579. The molecule has 2 atom stereocenters. The molecule has 152 valence electrons. The van der Waals surface area contributed by atoms with Gasteiger partial charge in [-0.15, -0.1) is 0 Å². The highest BCUT2D eigenvalue weighted by atomic mass is 16.7. The van der Waals surface area contributed by atoms with Crippen LogP contribution >= 0.6 is 0 Å². The molecule has 0 saturated heterocycles. The maximum absolute atomic E-state index is 6.80. The summed E-state index contributed by atoms with van der Waals surface area (Å²) >= 11 is 0. The number of hydrogen-bond acceptors (Lipinski definition) is 3. The molecule has 0 fully saturated rings. The first-order valence-corrected chi connectivity index (χ1v) is 11.2. The summed E-state index contributed by atoms with van der Waals surface area (Å²) in [7, 11) is 2.05. The van der Waals surface area contributed by atoms with E-state index in [4.69, 9.17) is 9.83 Å². The summed E-state index contributed by atoms with van der Waals surface area (Å²) in [5.41, 5.74) is 6.44. The van der Waals surface area contributed by atoms with Crippen LogP contribution in [0.2, 0.25) is 0 Å². The predicted octanol–water partition coefficient (Wildman–Crippen LogP) is 5.59. The van der Waals surface area contributed by atoms with E-state index >= 15 is 0 Å². The zero-order chi connectivity index (χ0) is 20.2. The quantitative estimate of drug-likeness (QED) is 0.670. The van der Waals surface area contributed by atoms with Crippen LogP contribution in [0.4, 0.5) is 0 Å². The normalized spacial score (nSPS) is 25.7. The number of hydrogen-bond donors (Lipinski definition) is 0. The molecule has 3 nitrogen and oxygen atoms in total. The summed E-state index contributed by atoms with van der Waals surface area (Å²) in [6.45, 7) is 6.68. The van der Waals surface area contributed by atoms with E-state index in [1.807, 2.05) is 12.1 Å². The van der Waals surface area contributed by atoms with E-state index in [9.17, 15) is 0 Å². The summed E-state index contributed by atoms with van der Waals surface area (Å²) in [6, 6.07) is 15.9. The zero-order valence-electron chi connectivity index (χ0n) is 18.2. The third-order valence-electron chi connectivity index (χ3n) is 7.66. The summed E-state index contributed by atoms with van der Waals surface area (Å²) in [5, 5.41) is 1.98. The van der Waals surface area contributed by atoms with Crippen LogP contribution in [0.25, 0.3) is 0 Å². The minimum Gasteiger partial charge on any atom is -0.240 e. The van der Waals surface area contributed by atoms with Gasteiger partial charge in [-0.2, -0.15) is 0 Å². The van der Waals surface area contributed by atoms with Gasteiger partial charge in [0.25, 0.3) is 0 Å². The summed E-state index contributed by atoms with van der Waals surface area (Å²) in [4.78, 5) is 12.3. The standard InChI is InChI=1S/C26H32N2O/c1-5-19(3)24-27-26(29-28(24)4)23-16-18(2)10-11-22(23)17-25(26)14-12-20-8-6-7-9-21(20)13-15-25/h6-11,16,19H,5,12-15,17H2,1-4H3. The van der Waals surface area contributed by atoms with E-state index in [1.165, 1.54) is 27.8 Å². The Morgan fingerprint density at radius 2 is 1.76 bits per heavy atom. The molecule has 0 bridgehead atoms. The molecule has 29 heavy (non-hydrogen) atoms. The summed E-state index contributed by atoms with van der Waals surface area (Å²) < 4.78 is 0. The Kier molecular flexibility index (Phi) is 4.36. The Labute approximate surface area is 174 Å². The molecule has 3 aliphatic rings. The molecule has 2 unspecified atom stereocenters. The predicted molar refractivity (Wildman–Crippen MR) is 118 cm³/mol. The van der Waals surface area contributed by atoms with Crippen LogP contribution in [0.3, 0.4) is 0 Å². The van der Waals surface area contributed by atoms with E-state index in [2.05, 4.69) is 63.2 Å². The molecule has 2 aromatic rings. The third-order valence-corrected chi connectivity index (χ3v) is 7.66. The first-order chi connectivity index (χ1) is 14.0. The van der Waals surface area contributed by atoms with E-state index in [0.717, 1.165) is 44.4 Å². The van der Waals surface area contributed by atoms with Gasteiger partial charge in [-0.1, -0.05) is 61.9 Å². The van der Waals surface area contributed by atoms with Crippen molar-refractivity contribution in [3.63, 3.8) is 0 Å². The molecule has 1 aliphatic heterocycles. The largest absolute Gasteiger partial charge is 0.240 e. The van der Waals surface area contributed by atoms with Crippen molar-refractivity contribution in [1.82, 2.24) is 5.06 Å². The number of fused-ring (bicyclic) bond motifs is 4. The highest BCUT2D eigenvalue weighted by Gasteiger charge is 2.62. The Bertz CT molecular complexity index is 951. The van der Waals surface area contributed by atoms with Crippen molar-refractivity contribution >= 4 is 5.84 Å². The van der Waals surface area contributed by atoms with Crippen molar-refractivity contribution in [2.24, 2.45) is 16.3 Å². The average Bonchev–Trinajstić information content (AvgIpc) is 3.12. The molecule has 0 N–H and O–H groups in total. The summed E-state index contributed by atoms with van der Waals surface area (Å²) in [5.74, 6) is 1.50. The van der Waals surface area contributed by atoms with Gasteiger partial charge in [-0.25, -0.2) is 14.9 Å². The highest BCUT2D eigenvalue weighted by Crippen LogP contribution is 2.61. The maximum Gasteiger partial charge on any atom is 0.218 e. The van der Waals surface area contributed by atoms with E-state index in [-0.39, 0.29) is 5.41 Å². The van der Waals surface area contributed by atoms with Crippen LogP contribution in [0, 0.1) is 18.3 Å². The van der Waals surface area contributed by atoms with Gasteiger partial charge in [0.05, 0.1) is 0 Å². The van der Waals surface area contributed by atoms with Crippen LogP contribution in [-0.4, -0.2) is 17.9 Å². The van der Waals surface area contributed by atoms with Crippen molar-refractivity contribution in [2.75, 3.05) is 7.05 Å². The van der Waals surface area contributed by atoms with Crippen molar-refractivity contribution < 1.29 is 4.84 Å². The number of nitrogens with zero attached hydrogens (tertiary/aromatic N) is 2. The SMILES string of the molecule is CCC(C)C1=NC2(ON1C)c1cc(C)ccc1CC21CCc2ccccc2CC1. The van der Waals surface area contributed by atoms with E-state index < -0.39 is 5.72 Å². The van der Waals surface area contributed by atoms with Crippen molar-refractivity contribution in [2.45, 2.75) is 65.0 Å². The Morgan fingerprint density at radius 3 is 2.41 bits per heavy atom. The second-order valence-electron chi connectivity index (χ2n) is 9.40. The Hall–Kier alpha value is -2.13. The number of aliphatic imine (C=N–C) groups is 1. The molecular weight excluding hydrogens is 356 g/mol. The second-order valence-corrected chi connectivity index (χ2v) is 9.40. The molecule has 0 aromatic heterocycles. The molecule has 2 aliphatic carbocycles. The third kappa shape index (κ3) is 2.70. The van der Waals surface area contributed by atoms with Crippen molar-refractivity contribution in [1.29, 1.82) is 0 Å². The lowest BCUT2D eigenvalue weighted by atomic mass is 9.71. The number of amidine groups is 1. The topological polar surface area (TPSA) is 24.8 Å². The van der Waals surface area contributed by atoms with Crippen molar-refractivity contribution in [3.05, 3.63) is 70.3 Å². The molecule has 2 spiro atoms. The van der Waals surface area contributed by atoms with Gasteiger partial charge in [-0.05, 0) is 62.1 Å². The van der Waals surface area contributed by atoms with Crippen LogP contribution in [-0.2, 0) is 29.8 Å². The fraction of sp³-hybridized carbons (Fsp3) is 0.500. The van der Waals surface area contributed by atoms with Gasteiger partial charge in [0, 0.05) is 23.9 Å². The molecule has 0 amide bonds. The average molecular weight is 389 g/mol. The first-order valence-electron chi connectivity index (χ1n) is 11.2. The van der Waals surface area contributed by atoms with E-state index in [1.54, 1.807) is 0 Å². The molecule has 1 heterocycles. The molecule has 0 radical (unpaired) electrons. The van der Waals surface area contributed by atoms with Crippen LogP contribution < -0.4 is 0 Å². The minimum absolute atomic E-state index is 0.00557. The zero-order valence-corrected chi connectivity index (χ0v) is 18.2. The molecule has 3 heteroatoms. The number of hydroxylamine groups is 2. The van der Waals surface area contributed by atoms with Gasteiger partial charge in [0.1, 0.15) is 5.84 Å². The first kappa shape index (κ1) is 18.9. The number of aryl methyl sites for hydroxylation is 3. The van der Waals surface area contributed by atoms with E-state index in [0.29, 0.717) is 5.92 Å². The molecule has 0 saturated carbocycles. The lowest BCUT2D eigenvalue weighted by Crippen LogP contribution is -2.43. The molecule has 2 aromatic carbocycles. The van der Waals surface area contributed by atoms with Gasteiger partial charge in [0.2, 0.25) is 5.72 Å². The molecular formula is C26H32N2O. The fourth-order valence-electron chi connectivity index (χ4n) is 5.79. The smallest absolute Gasteiger partial charge is 0.218 e. The lowest BCUT2D eigenvalue weighted by molar-refractivity contribution is -0.225. The lowest BCUT2D eigenvalue weighted by Gasteiger charge is -2.40. The van der Waals surface area contributed by atoms with Crippen LogP contribution in [0.5, 0.6) is 0 Å². The monoisotopic (exact) mass is 388 g/mol. The van der Waals surface area contributed by atoms with Crippen molar-refractivity contribution in [3.8, 4) is 0 Å². The highest BCUT2D eigenvalue weighted by molar-refractivity contribution is 5.85. The van der Waals surface area contributed by atoms with Gasteiger partial charge < -0.3 is 0 Å². The number of rotatable bonds is 2. The summed E-state index contributed by atoms with van der Waals surface area (Å²) in [6.07, 6.45) is 6.56. The fourth-order valence-corrected chi connectivity index (χ4v) is 5.79. The number of benzene rings is 2. The van der Waals surface area contributed by atoms with Crippen LogP contribution in [0.15, 0.2) is 47.5 Å². The second kappa shape index (κ2) is 6.70. The Morgan fingerprint density at radius 1 is 1.07 bits per heavy atom. The Balaban J connectivity index is 1.66.